The first-order chi connectivity index (χ1) is 12.5. The van der Waals surface area contributed by atoms with Gasteiger partial charge < -0.3 is 14.8 Å². The van der Waals surface area contributed by atoms with Crippen molar-refractivity contribution in [2.24, 2.45) is 0 Å². The molecule has 26 heavy (non-hydrogen) atoms. The van der Waals surface area contributed by atoms with Gasteiger partial charge in [0.2, 0.25) is 0 Å². The number of amides is 1. The lowest BCUT2D eigenvalue weighted by Gasteiger charge is -2.17. The van der Waals surface area contributed by atoms with E-state index in [1.54, 1.807) is 26.3 Å². The van der Waals surface area contributed by atoms with Gasteiger partial charge in [0, 0.05) is 11.6 Å². The number of aryl methyl sites for hydroxylation is 2. The van der Waals surface area contributed by atoms with Crippen molar-refractivity contribution < 1.29 is 14.3 Å². The first-order valence-electron chi connectivity index (χ1n) is 8.46. The van der Waals surface area contributed by atoms with Crippen molar-refractivity contribution in [1.29, 1.82) is 0 Å². The number of carbonyl (C=O) groups excluding carboxylic acids is 1. The lowest BCUT2D eigenvalue weighted by molar-refractivity contribution is -0.122. The topological polar surface area (TPSA) is 60.5 Å². The molecule has 2 aromatic carbocycles. The van der Waals surface area contributed by atoms with Crippen LogP contribution in [0.5, 0.6) is 11.5 Å². The highest BCUT2D eigenvalue weighted by Gasteiger charge is 2.17. The number of nitrogens with one attached hydrogen (secondary N) is 1. The number of benzene rings is 2. The predicted molar refractivity (Wildman–Crippen MR) is 103 cm³/mol. The van der Waals surface area contributed by atoms with Gasteiger partial charge in [-0.15, -0.1) is 0 Å². The van der Waals surface area contributed by atoms with Crippen molar-refractivity contribution in [2.75, 3.05) is 12.4 Å². The number of hydrogen-bond acceptors (Lipinski definition) is 4. The van der Waals surface area contributed by atoms with Crippen LogP contribution in [0.3, 0.4) is 0 Å². The molecule has 1 N–H and O–H groups in total. The van der Waals surface area contributed by atoms with E-state index in [9.17, 15) is 4.79 Å². The lowest BCUT2D eigenvalue weighted by Crippen LogP contribution is -2.30. The highest BCUT2D eigenvalue weighted by Crippen LogP contribution is 2.30. The predicted octanol–water partition coefficient (Wildman–Crippen LogP) is 4.27. The molecule has 0 aliphatic rings. The highest BCUT2D eigenvalue weighted by atomic mass is 16.5. The monoisotopic (exact) mass is 350 g/mol. The Kier molecular flexibility index (Phi) is 5.07. The highest BCUT2D eigenvalue weighted by molar-refractivity contribution is 6.04. The largest absolute Gasteiger partial charge is 0.494 e. The van der Waals surface area contributed by atoms with Gasteiger partial charge in [-0.3, -0.25) is 9.78 Å². The van der Waals surface area contributed by atoms with Crippen LogP contribution in [0.15, 0.2) is 48.7 Å². The Bertz CT molecular complexity index is 953. The molecule has 0 bridgehead atoms. The van der Waals surface area contributed by atoms with Crippen LogP contribution in [-0.4, -0.2) is 24.1 Å². The number of methoxy groups -OCH3 is 1. The Morgan fingerprint density at radius 2 is 1.92 bits per heavy atom. The molecule has 0 radical (unpaired) electrons. The maximum atomic E-state index is 12.6. The Morgan fingerprint density at radius 3 is 2.65 bits per heavy atom. The van der Waals surface area contributed by atoms with E-state index in [2.05, 4.69) is 10.3 Å². The molecule has 1 atom stereocenters. The number of nitrogens with zero attached hydrogens (tertiary/aromatic N) is 1. The molecule has 3 aromatic rings. The van der Waals surface area contributed by atoms with E-state index >= 15 is 0 Å². The van der Waals surface area contributed by atoms with Crippen LogP contribution >= 0.6 is 0 Å². The van der Waals surface area contributed by atoms with Crippen LogP contribution in [0.25, 0.3) is 10.9 Å². The quantitative estimate of drug-likeness (QED) is 0.747. The Balaban J connectivity index is 1.79. The normalized spacial score (nSPS) is 11.8. The third kappa shape index (κ3) is 3.61. The molecule has 1 unspecified atom stereocenters. The molecule has 0 fully saturated rings. The second-order valence-electron chi connectivity index (χ2n) is 6.21. The van der Waals surface area contributed by atoms with Gasteiger partial charge in [0.15, 0.2) is 6.10 Å². The van der Waals surface area contributed by atoms with Crippen LogP contribution < -0.4 is 14.8 Å². The van der Waals surface area contributed by atoms with E-state index in [-0.39, 0.29) is 5.91 Å². The smallest absolute Gasteiger partial charge is 0.265 e. The molecule has 0 saturated carbocycles. The molecule has 1 heterocycles. The number of aromatic nitrogens is 1. The average Bonchev–Trinajstić information content (AvgIpc) is 2.65. The van der Waals surface area contributed by atoms with Crippen molar-refractivity contribution in [3.63, 3.8) is 0 Å². The SMILES string of the molecule is COc1ccc(NC(=O)C(C)Oc2ccc(C)c(C)c2)c2cccnc12. The van der Waals surface area contributed by atoms with E-state index in [4.69, 9.17) is 9.47 Å². The minimum atomic E-state index is -0.633. The molecule has 5 heteroatoms. The third-order valence-corrected chi connectivity index (χ3v) is 4.37. The van der Waals surface area contributed by atoms with Gasteiger partial charge in [-0.25, -0.2) is 0 Å². The number of pyridine rings is 1. The summed E-state index contributed by atoms with van der Waals surface area (Å²) in [5.41, 5.74) is 3.69. The van der Waals surface area contributed by atoms with Crippen LogP contribution in [0.1, 0.15) is 18.1 Å². The second kappa shape index (κ2) is 7.44. The summed E-state index contributed by atoms with van der Waals surface area (Å²) < 4.78 is 11.1. The van der Waals surface area contributed by atoms with E-state index in [0.717, 1.165) is 10.9 Å². The zero-order valence-electron chi connectivity index (χ0n) is 15.4. The van der Waals surface area contributed by atoms with Crippen LogP contribution in [0.4, 0.5) is 5.69 Å². The summed E-state index contributed by atoms with van der Waals surface area (Å²) >= 11 is 0. The standard InChI is InChI=1S/C21H22N2O3/c1-13-7-8-16(12-14(13)2)26-15(3)21(24)23-18-9-10-19(25-4)20-17(18)6-5-11-22-20/h5-12,15H,1-4H3,(H,23,24). The fourth-order valence-electron chi connectivity index (χ4n) is 2.70. The van der Waals surface area contributed by atoms with E-state index in [0.29, 0.717) is 22.7 Å². The molecule has 0 spiro atoms. The summed E-state index contributed by atoms with van der Waals surface area (Å²) in [7, 11) is 1.60. The molecule has 1 aromatic heterocycles. The summed E-state index contributed by atoms with van der Waals surface area (Å²) in [4.78, 5) is 16.9. The van der Waals surface area contributed by atoms with Crippen LogP contribution in [0, 0.1) is 13.8 Å². The van der Waals surface area contributed by atoms with Gasteiger partial charge in [0.05, 0.1) is 12.8 Å². The van der Waals surface area contributed by atoms with Crippen LogP contribution in [0.2, 0.25) is 0 Å². The van der Waals surface area contributed by atoms with Crippen molar-refractivity contribution in [1.82, 2.24) is 4.98 Å². The minimum Gasteiger partial charge on any atom is -0.494 e. The summed E-state index contributed by atoms with van der Waals surface area (Å²) in [6.45, 7) is 5.79. The fraction of sp³-hybridized carbons (Fsp3) is 0.238. The number of anilines is 1. The van der Waals surface area contributed by atoms with Crippen molar-refractivity contribution in [2.45, 2.75) is 26.9 Å². The summed E-state index contributed by atoms with van der Waals surface area (Å²) in [5, 5.41) is 3.74. The van der Waals surface area contributed by atoms with Gasteiger partial charge in [0.1, 0.15) is 17.0 Å². The molecular weight excluding hydrogens is 328 g/mol. The van der Waals surface area contributed by atoms with Crippen molar-refractivity contribution in [3.8, 4) is 11.5 Å². The zero-order valence-corrected chi connectivity index (χ0v) is 15.4. The van der Waals surface area contributed by atoms with Gasteiger partial charge in [-0.05, 0) is 68.3 Å². The van der Waals surface area contributed by atoms with E-state index in [1.807, 2.05) is 50.2 Å². The van der Waals surface area contributed by atoms with Gasteiger partial charge in [-0.1, -0.05) is 6.07 Å². The second-order valence-corrected chi connectivity index (χ2v) is 6.21. The van der Waals surface area contributed by atoms with Crippen LogP contribution in [-0.2, 0) is 4.79 Å². The first kappa shape index (κ1) is 17.7. The van der Waals surface area contributed by atoms with Crippen molar-refractivity contribution in [3.05, 3.63) is 59.8 Å². The van der Waals surface area contributed by atoms with E-state index < -0.39 is 6.10 Å². The minimum absolute atomic E-state index is 0.224. The van der Waals surface area contributed by atoms with Crippen molar-refractivity contribution >= 4 is 22.5 Å². The number of rotatable bonds is 5. The molecule has 3 rings (SSSR count). The van der Waals surface area contributed by atoms with Gasteiger partial charge in [0.25, 0.3) is 5.91 Å². The number of carbonyl (C=O) groups is 1. The first-order valence-corrected chi connectivity index (χ1v) is 8.46. The summed E-state index contributed by atoms with van der Waals surface area (Å²) in [6.07, 6.45) is 1.06. The number of hydrogen-bond donors (Lipinski definition) is 1. The summed E-state index contributed by atoms with van der Waals surface area (Å²) in [6, 6.07) is 13.1. The molecule has 0 saturated heterocycles. The lowest BCUT2D eigenvalue weighted by atomic mass is 10.1. The Morgan fingerprint density at radius 1 is 1.12 bits per heavy atom. The average molecular weight is 350 g/mol. The van der Waals surface area contributed by atoms with Gasteiger partial charge in [-0.2, -0.15) is 0 Å². The number of ether oxygens (including phenoxy) is 2. The molecule has 1 amide bonds. The number of fused-ring (bicyclic) bond motifs is 1. The maximum absolute atomic E-state index is 12.6. The molecular formula is C21H22N2O3. The fourth-order valence-corrected chi connectivity index (χ4v) is 2.70. The Labute approximate surface area is 153 Å². The Hall–Kier alpha value is -3.08. The third-order valence-electron chi connectivity index (χ3n) is 4.37. The molecule has 5 nitrogen and oxygen atoms in total. The molecule has 0 aliphatic carbocycles. The zero-order chi connectivity index (χ0) is 18.7. The summed E-state index contributed by atoms with van der Waals surface area (Å²) in [5.74, 6) is 1.12. The van der Waals surface area contributed by atoms with E-state index in [1.165, 1.54) is 5.56 Å². The maximum Gasteiger partial charge on any atom is 0.265 e. The molecule has 0 aliphatic heterocycles. The molecule has 134 valence electrons. The van der Waals surface area contributed by atoms with Gasteiger partial charge >= 0.3 is 0 Å².